The number of rotatable bonds is 0. The van der Waals surface area contributed by atoms with Gasteiger partial charge in [0.05, 0.1) is 0 Å². The maximum absolute atomic E-state index is 2.44. The highest BCUT2D eigenvalue weighted by Gasteiger charge is 2.25. The lowest BCUT2D eigenvalue weighted by Crippen LogP contribution is -2.13. The first-order chi connectivity index (χ1) is 8.32. The highest BCUT2D eigenvalue weighted by Crippen LogP contribution is 2.40. The monoisotopic (exact) mass is 260 g/mol. The molecule has 108 valence electrons. The Bertz CT molecular complexity index is 420. The first-order valence-electron chi connectivity index (χ1n) is 7.46. The minimum absolute atomic E-state index is 0.200. The SMILES string of the molecule is CC(C)(C)C1=CCC(C(C)(C)C)=CC(C(C)(C)C)=C1. The molecule has 0 fully saturated rings. The second kappa shape index (κ2) is 4.96. The van der Waals surface area contributed by atoms with Gasteiger partial charge in [-0.1, -0.05) is 86.1 Å². The summed E-state index contributed by atoms with van der Waals surface area (Å²) in [6, 6.07) is 0. The van der Waals surface area contributed by atoms with Gasteiger partial charge in [0.25, 0.3) is 0 Å². The lowest BCUT2D eigenvalue weighted by molar-refractivity contribution is 0.483. The molecule has 0 amide bonds. The molecule has 0 N–H and O–H groups in total. The molecular formula is C19H32. The van der Waals surface area contributed by atoms with Crippen LogP contribution in [0.15, 0.2) is 34.9 Å². The predicted octanol–water partition coefficient (Wildman–Crippen LogP) is 6.31. The summed E-state index contributed by atoms with van der Waals surface area (Å²) in [4.78, 5) is 0. The van der Waals surface area contributed by atoms with Gasteiger partial charge in [0.15, 0.2) is 0 Å². The molecule has 0 heteroatoms. The molecule has 0 aromatic carbocycles. The summed E-state index contributed by atoms with van der Waals surface area (Å²) in [5.74, 6) is 0. The molecule has 0 spiro atoms. The zero-order valence-electron chi connectivity index (χ0n) is 14.4. The van der Waals surface area contributed by atoms with Crippen LogP contribution in [0.2, 0.25) is 0 Å². The van der Waals surface area contributed by atoms with Gasteiger partial charge in [0.1, 0.15) is 0 Å². The van der Waals surface area contributed by atoms with Gasteiger partial charge >= 0.3 is 0 Å². The van der Waals surface area contributed by atoms with Crippen LogP contribution >= 0.6 is 0 Å². The summed E-state index contributed by atoms with van der Waals surface area (Å²) >= 11 is 0. The molecule has 0 atom stereocenters. The van der Waals surface area contributed by atoms with E-state index in [1.165, 1.54) is 16.7 Å². The molecule has 0 saturated carbocycles. The third-order valence-electron chi connectivity index (χ3n) is 3.88. The number of hydrogen-bond donors (Lipinski definition) is 0. The standard InChI is InChI=1S/C19H32/c1-17(2,3)14-10-11-15(18(4,5)6)13-16(12-14)19(7,8)9/h10,12-13H,11H2,1-9H3. The highest BCUT2D eigenvalue weighted by atomic mass is 14.3. The topological polar surface area (TPSA) is 0 Å². The molecule has 0 aliphatic heterocycles. The summed E-state index contributed by atoms with van der Waals surface area (Å²) in [5, 5.41) is 0. The van der Waals surface area contributed by atoms with Crippen LogP contribution in [-0.2, 0) is 0 Å². The maximum Gasteiger partial charge on any atom is -0.0124 e. The first kappa shape index (κ1) is 16.3. The summed E-state index contributed by atoms with van der Waals surface area (Å²) in [5.41, 5.74) is 5.12. The van der Waals surface area contributed by atoms with E-state index in [2.05, 4.69) is 80.5 Å². The van der Waals surface area contributed by atoms with E-state index in [4.69, 9.17) is 0 Å². The van der Waals surface area contributed by atoms with E-state index >= 15 is 0 Å². The van der Waals surface area contributed by atoms with Crippen molar-refractivity contribution in [2.45, 2.75) is 68.7 Å². The van der Waals surface area contributed by atoms with Crippen LogP contribution in [0.3, 0.4) is 0 Å². The van der Waals surface area contributed by atoms with Crippen LogP contribution in [0.5, 0.6) is 0 Å². The van der Waals surface area contributed by atoms with Crippen LogP contribution in [0.25, 0.3) is 0 Å². The molecule has 0 aromatic rings. The normalized spacial score (nSPS) is 18.5. The van der Waals surface area contributed by atoms with Crippen molar-refractivity contribution in [1.29, 1.82) is 0 Å². The Kier molecular flexibility index (Phi) is 4.25. The number of allylic oxidation sites excluding steroid dienone is 6. The van der Waals surface area contributed by atoms with Crippen LogP contribution in [0, 0.1) is 16.2 Å². The summed E-state index contributed by atoms with van der Waals surface area (Å²) in [6.45, 7) is 20.8. The molecule has 0 radical (unpaired) electrons. The molecule has 0 saturated heterocycles. The minimum Gasteiger partial charge on any atom is -0.0767 e. The second-order valence-corrected chi connectivity index (χ2v) is 8.88. The molecule has 0 unspecified atom stereocenters. The number of hydrogen-bond acceptors (Lipinski definition) is 0. The Labute approximate surface area is 120 Å². The van der Waals surface area contributed by atoms with Crippen molar-refractivity contribution in [3.8, 4) is 0 Å². The van der Waals surface area contributed by atoms with E-state index in [0.29, 0.717) is 0 Å². The average molecular weight is 260 g/mol. The summed E-state index contributed by atoms with van der Waals surface area (Å²) in [6.07, 6.45) is 8.36. The highest BCUT2D eigenvalue weighted by molar-refractivity contribution is 5.42. The first-order valence-corrected chi connectivity index (χ1v) is 7.46. The van der Waals surface area contributed by atoms with Crippen molar-refractivity contribution >= 4 is 0 Å². The summed E-state index contributed by atoms with van der Waals surface area (Å²) < 4.78 is 0. The van der Waals surface area contributed by atoms with E-state index < -0.39 is 0 Å². The quantitative estimate of drug-likeness (QED) is 0.479. The Balaban J connectivity index is 3.34. The largest absolute Gasteiger partial charge is 0.0767 e. The van der Waals surface area contributed by atoms with E-state index in [0.717, 1.165) is 6.42 Å². The summed E-state index contributed by atoms with van der Waals surface area (Å²) in [7, 11) is 0. The van der Waals surface area contributed by atoms with E-state index in [1.807, 2.05) is 0 Å². The van der Waals surface area contributed by atoms with E-state index in [-0.39, 0.29) is 16.2 Å². The van der Waals surface area contributed by atoms with Gasteiger partial charge < -0.3 is 0 Å². The molecule has 0 heterocycles. The van der Waals surface area contributed by atoms with Gasteiger partial charge in [0.2, 0.25) is 0 Å². The van der Waals surface area contributed by atoms with Crippen molar-refractivity contribution < 1.29 is 0 Å². The molecule has 0 nitrogen and oxygen atoms in total. The van der Waals surface area contributed by atoms with Crippen LogP contribution in [0.4, 0.5) is 0 Å². The fraction of sp³-hybridized carbons (Fsp3) is 0.684. The average Bonchev–Trinajstić information content (AvgIpc) is 2.35. The van der Waals surface area contributed by atoms with E-state index in [1.54, 1.807) is 0 Å². The third kappa shape index (κ3) is 4.37. The fourth-order valence-electron chi connectivity index (χ4n) is 2.21. The zero-order chi connectivity index (χ0) is 15.1. The molecule has 1 aliphatic rings. The van der Waals surface area contributed by atoms with Crippen LogP contribution in [0.1, 0.15) is 68.7 Å². The molecule has 19 heavy (non-hydrogen) atoms. The van der Waals surface area contributed by atoms with Gasteiger partial charge in [0, 0.05) is 0 Å². The van der Waals surface area contributed by atoms with Crippen molar-refractivity contribution in [2.24, 2.45) is 16.2 Å². The Hall–Kier alpha value is -0.780. The minimum atomic E-state index is 0.200. The third-order valence-corrected chi connectivity index (χ3v) is 3.88. The van der Waals surface area contributed by atoms with Crippen molar-refractivity contribution in [2.75, 3.05) is 0 Å². The van der Waals surface area contributed by atoms with Crippen LogP contribution in [-0.4, -0.2) is 0 Å². The Morgan fingerprint density at radius 2 is 1.11 bits per heavy atom. The Morgan fingerprint density at radius 1 is 0.632 bits per heavy atom. The van der Waals surface area contributed by atoms with Gasteiger partial charge in [-0.2, -0.15) is 0 Å². The predicted molar refractivity (Wildman–Crippen MR) is 87.2 cm³/mol. The molecular weight excluding hydrogens is 228 g/mol. The maximum atomic E-state index is 2.44. The van der Waals surface area contributed by atoms with Crippen molar-refractivity contribution in [3.63, 3.8) is 0 Å². The van der Waals surface area contributed by atoms with Crippen molar-refractivity contribution in [1.82, 2.24) is 0 Å². The van der Waals surface area contributed by atoms with Gasteiger partial charge in [-0.3, -0.25) is 0 Å². The fourth-order valence-corrected chi connectivity index (χ4v) is 2.21. The smallest absolute Gasteiger partial charge is 0.0124 e. The van der Waals surface area contributed by atoms with E-state index in [9.17, 15) is 0 Å². The van der Waals surface area contributed by atoms with Crippen LogP contribution < -0.4 is 0 Å². The van der Waals surface area contributed by atoms with Gasteiger partial charge in [-0.05, 0) is 33.8 Å². The lowest BCUT2D eigenvalue weighted by atomic mass is 9.79. The van der Waals surface area contributed by atoms with Gasteiger partial charge in [-0.15, -0.1) is 0 Å². The van der Waals surface area contributed by atoms with Gasteiger partial charge in [-0.25, -0.2) is 0 Å². The second-order valence-electron chi connectivity index (χ2n) is 8.88. The Morgan fingerprint density at radius 3 is 1.47 bits per heavy atom. The zero-order valence-corrected chi connectivity index (χ0v) is 14.4. The van der Waals surface area contributed by atoms with Crippen molar-refractivity contribution in [3.05, 3.63) is 34.9 Å². The lowest BCUT2D eigenvalue weighted by Gasteiger charge is -2.26. The molecule has 1 aliphatic carbocycles. The molecule has 0 aromatic heterocycles. The molecule has 1 rings (SSSR count). The molecule has 0 bridgehead atoms.